The number of nitrogens with zero attached hydrogens (tertiary/aromatic N) is 2. The molecule has 106 valence electrons. The van der Waals surface area contributed by atoms with Gasteiger partial charge in [-0.1, -0.05) is 11.6 Å². The standard InChI is InChI=1S/C15H18ClN3O/c1-17-13-6-7-19(8-13)9-14-10-20-15(18-14)11-2-4-12(16)5-3-11/h2-5,10,13,17H,6-9H2,1H3. The van der Waals surface area contributed by atoms with Crippen molar-refractivity contribution in [1.29, 1.82) is 0 Å². The van der Waals surface area contributed by atoms with Crippen LogP contribution in [0.3, 0.4) is 0 Å². The first-order valence-electron chi connectivity index (χ1n) is 6.84. The summed E-state index contributed by atoms with van der Waals surface area (Å²) in [5.74, 6) is 0.654. The van der Waals surface area contributed by atoms with E-state index < -0.39 is 0 Å². The Kier molecular flexibility index (Phi) is 4.05. The second-order valence-corrected chi connectivity index (χ2v) is 5.60. The number of likely N-dealkylation sites (N-methyl/N-ethyl adjacent to an activating group) is 1. The Hall–Kier alpha value is -1.36. The van der Waals surface area contributed by atoms with Gasteiger partial charge in [-0.05, 0) is 37.7 Å². The lowest BCUT2D eigenvalue weighted by molar-refractivity contribution is 0.318. The molecule has 20 heavy (non-hydrogen) atoms. The lowest BCUT2D eigenvalue weighted by atomic mass is 10.2. The quantitative estimate of drug-likeness (QED) is 0.940. The maximum atomic E-state index is 5.88. The van der Waals surface area contributed by atoms with Gasteiger partial charge in [0, 0.05) is 36.3 Å². The zero-order valence-electron chi connectivity index (χ0n) is 11.5. The molecule has 1 saturated heterocycles. The normalized spacial score (nSPS) is 19.6. The summed E-state index contributed by atoms with van der Waals surface area (Å²) in [7, 11) is 2.02. The van der Waals surface area contributed by atoms with E-state index >= 15 is 0 Å². The molecule has 0 radical (unpaired) electrons. The topological polar surface area (TPSA) is 41.3 Å². The number of likely N-dealkylation sites (tertiary alicyclic amines) is 1. The second kappa shape index (κ2) is 5.95. The third-order valence-corrected chi connectivity index (χ3v) is 3.96. The van der Waals surface area contributed by atoms with E-state index in [0.29, 0.717) is 11.9 Å². The second-order valence-electron chi connectivity index (χ2n) is 5.16. The van der Waals surface area contributed by atoms with E-state index in [1.807, 2.05) is 31.3 Å². The molecule has 2 aromatic rings. The summed E-state index contributed by atoms with van der Waals surface area (Å²) >= 11 is 5.88. The van der Waals surface area contributed by atoms with Gasteiger partial charge < -0.3 is 9.73 Å². The summed E-state index contributed by atoms with van der Waals surface area (Å²) in [6.45, 7) is 3.02. The fourth-order valence-corrected chi connectivity index (χ4v) is 2.67. The van der Waals surface area contributed by atoms with Crippen LogP contribution in [0.2, 0.25) is 5.02 Å². The van der Waals surface area contributed by atoms with Crippen LogP contribution in [0.1, 0.15) is 12.1 Å². The molecule has 1 aromatic heterocycles. The number of oxazole rings is 1. The van der Waals surface area contributed by atoms with Crippen molar-refractivity contribution >= 4 is 11.6 Å². The van der Waals surface area contributed by atoms with Gasteiger partial charge in [0.1, 0.15) is 6.26 Å². The number of hydrogen-bond donors (Lipinski definition) is 1. The van der Waals surface area contributed by atoms with E-state index in [9.17, 15) is 0 Å². The van der Waals surface area contributed by atoms with E-state index in [2.05, 4.69) is 15.2 Å². The predicted octanol–water partition coefficient (Wildman–Crippen LogP) is 2.79. The van der Waals surface area contributed by atoms with Crippen molar-refractivity contribution in [2.24, 2.45) is 0 Å². The monoisotopic (exact) mass is 291 g/mol. The summed E-state index contributed by atoms with van der Waals surface area (Å²) in [4.78, 5) is 6.95. The molecular formula is C15H18ClN3O. The van der Waals surface area contributed by atoms with E-state index in [4.69, 9.17) is 16.0 Å². The zero-order valence-corrected chi connectivity index (χ0v) is 12.2. The van der Waals surface area contributed by atoms with Crippen molar-refractivity contribution in [2.45, 2.75) is 19.0 Å². The van der Waals surface area contributed by atoms with Crippen molar-refractivity contribution in [1.82, 2.24) is 15.2 Å². The first-order valence-corrected chi connectivity index (χ1v) is 7.22. The highest BCUT2D eigenvalue weighted by molar-refractivity contribution is 6.30. The zero-order chi connectivity index (χ0) is 13.9. The molecule has 0 aliphatic carbocycles. The Balaban J connectivity index is 1.66. The summed E-state index contributed by atoms with van der Waals surface area (Å²) < 4.78 is 5.56. The van der Waals surface area contributed by atoms with Crippen LogP contribution in [0.4, 0.5) is 0 Å². The van der Waals surface area contributed by atoms with Crippen LogP contribution < -0.4 is 5.32 Å². The minimum absolute atomic E-state index is 0.595. The molecule has 3 rings (SSSR count). The molecule has 1 unspecified atom stereocenters. The van der Waals surface area contributed by atoms with E-state index in [-0.39, 0.29) is 0 Å². The van der Waals surface area contributed by atoms with Gasteiger partial charge in [-0.25, -0.2) is 4.98 Å². The minimum atomic E-state index is 0.595. The minimum Gasteiger partial charge on any atom is -0.444 e. The van der Waals surface area contributed by atoms with Crippen molar-refractivity contribution < 1.29 is 4.42 Å². The Morgan fingerprint density at radius 1 is 1.40 bits per heavy atom. The molecule has 1 aromatic carbocycles. The number of benzene rings is 1. The third-order valence-electron chi connectivity index (χ3n) is 3.71. The maximum absolute atomic E-state index is 5.88. The van der Waals surface area contributed by atoms with Gasteiger partial charge in [-0.3, -0.25) is 4.90 Å². The van der Waals surface area contributed by atoms with Crippen molar-refractivity contribution in [2.75, 3.05) is 20.1 Å². The van der Waals surface area contributed by atoms with Gasteiger partial charge in [-0.15, -0.1) is 0 Å². The van der Waals surface area contributed by atoms with Crippen molar-refractivity contribution in [3.8, 4) is 11.5 Å². The molecule has 0 saturated carbocycles. The molecule has 4 nitrogen and oxygen atoms in total. The number of rotatable bonds is 4. The van der Waals surface area contributed by atoms with Crippen molar-refractivity contribution in [3.05, 3.63) is 41.2 Å². The lowest BCUT2D eigenvalue weighted by Crippen LogP contribution is -2.29. The SMILES string of the molecule is CNC1CCN(Cc2coc(-c3ccc(Cl)cc3)n2)C1. The summed E-state index contributed by atoms with van der Waals surface area (Å²) in [6, 6.07) is 8.13. The summed E-state index contributed by atoms with van der Waals surface area (Å²) in [5, 5.41) is 4.04. The summed E-state index contributed by atoms with van der Waals surface area (Å²) in [6.07, 6.45) is 2.94. The summed E-state index contributed by atoms with van der Waals surface area (Å²) in [5.41, 5.74) is 1.93. The molecule has 0 amide bonds. The highest BCUT2D eigenvalue weighted by Gasteiger charge is 2.21. The Bertz CT molecular complexity index is 567. The van der Waals surface area contributed by atoms with E-state index in [0.717, 1.165) is 35.9 Å². The largest absolute Gasteiger partial charge is 0.444 e. The van der Waals surface area contributed by atoms with Gasteiger partial charge in [-0.2, -0.15) is 0 Å². The Labute approximate surface area is 123 Å². The van der Waals surface area contributed by atoms with Gasteiger partial charge in [0.15, 0.2) is 0 Å². The van der Waals surface area contributed by atoms with E-state index in [1.165, 1.54) is 6.42 Å². The third kappa shape index (κ3) is 3.03. The Morgan fingerprint density at radius 3 is 2.90 bits per heavy atom. The maximum Gasteiger partial charge on any atom is 0.226 e. The molecular weight excluding hydrogens is 274 g/mol. The molecule has 1 aliphatic heterocycles. The average molecular weight is 292 g/mol. The molecule has 5 heteroatoms. The van der Waals surface area contributed by atoms with Gasteiger partial charge in [0.25, 0.3) is 0 Å². The van der Waals surface area contributed by atoms with Crippen LogP contribution in [-0.4, -0.2) is 36.1 Å². The number of hydrogen-bond acceptors (Lipinski definition) is 4. The molecule has 1 N–H and O–H groups in total. The van der Waals surface area contributed by atoms with Crippen molar-refractivity contribution in [3.63, 3.8) is 0 Å². The molecule has 0 bridgehead atoms. The fraction of sp³-hybridized carbons (Fsp3) is 0.400. The van der Waals surface area contributed by atoms with Gasteiger partial charge >= 0.3 is 0 Å². The molecule has 1 fully saturated rings. The number of halogens is 1. The molecule has 0 spiro atoms. The smallest absolute Gasteiger partial charge is 0.226 e. The highest BCUT2D eigenvalue weighted by Crippen LogP contribution is 2.22. The van der Waals surface area contributed by atoms with Gasteiger partial charge in [0.05, 0.1) is 5.69 Å². The first-order chi connectivity index (χ1) is 9.74. The van der Waals surface area contributed by atoms with Crippen LogP contribution in [0, 0.1) is 0 Å². The van der Waals surface area contributed by atoms with Crippen LogP contribution >= 0.6 is 11.6 Å². The average Bonchev–Trinajstić information content (AvgIpc) is 3.09. The molecule has 1 aliphatic rings. The molecule has 2 heterocycles. The fourth-order valence-electron chi connectivity index (χ4n) is 2.55. The highest BCUT2D eigenvalue weighted by atomic mass is 35.5. The lowest BCUT2D eigenvalue weighted by Gasteiger charge is -2.13. The van der Waals surface area contributed by atoms with Crippen LogP contribution in [0.15, 0.2) is 34.9 Å². The first kappa shape index (κ1) is 13.6. The number of aromatic nitrogens is 1. The van der Waals surface area contributed by atoms with Gasteiger partial charge in [0.2, 0.25) is 5.89 Å². The van der Waals surface area contributed by atoms with Crippen LogP contribution in [0.5, 0.6) is 0 Å². The number of nitrogens with one attached hydrogen (secondary N) is 1. The predicted molar refractivity (Wildman–Crippen MR) is 79.7 cm³/mol. The van der Waals surface area contributed by atoms with Crippen LogP contribution in [-0.2, 0) is 6.54 Å². The Morgan fingerprint density at radius 2 is 2.20 bits per heavy atom. The van der Waals surface area contributed by atoms with Crippen LogP contribution in [0.25, 0.3) is 11.5 Å². The molecule has 1 atom stereocenters. The van der Waals surface area contributed by atoms with E-state index in [1.54, 1.807) is 6.26 Å².